The Hall–Kier alpha value is -0.590. The van der Waals surface area contributed by atoms with E-state index in [9.17, 15) is 4.79 Å². The van der Waals surface area contributed by atoms with Crippen LogP contribution in [0.4, 0.5) is 0 Å². The number of rotatable bonds is 3. The number of hydrogen-bond donors (Lipinski definition) is 0. The van der Waals surface area contributed by atoms with Gasteiger partial charge in [0.1, 0.15) is 6.29 Å². The first-order valence-electron chi connectivity index (χ1n) is 5.02. The zero-order chi connectivity index (χ0) is 8.81. The van der Waals surface area contributed by atoms with Crippen molar-refractivity contribution in [3.63, 3.8) is 0 Å². The molecule has 0 amide bonds. The summed E-state index contributed by atoms with van der Waals surface area (Å²) in [4.78, 5) is 10.4. The van der Waals surface area contributed by atoms with Crippen molar-refractivity contribution < 1.29 is 4.79 Å². The molecule has 68 valence electrons. The third-order valence-corrected chi connectivity index (χ3v) is 2.71. The Morgan fingerprint density at radius 1 is 1.33 bits per heavy atom. The molecule has 0 aromatic rings. The van der Waals surface area contributed by atoms with Crippen LogP contribution >= 0.6 is 0 Å². The second-order valence-electron chi connectivity index (χ2n) is 3.49. The van der Waals surface area contributed by atoms with E-state index in [2.05, 4.69) is 6.92 Å². The SMILES string of the molecule is CCC(CC=O)=C1CCCCC1. The van der Waals surface area contributed by atoms with E-state index in [4.69, 9.17) is 0 Å². The van der Waals surface area contributed by atoms with E-state index in [0.29, 0.717) is 6.42 Å². The first kappa shape index (κ1) is 9.50. The summed E-state index contributed by atoms with van der Waals surface area (Å²) in [5, 5.41) is 0. The molecule has 0 bridgehead atoms. The summed E-state index contributed by atoms with van der Waals surface area (Å²) in [5.41, 5.74) is 2.99. The maximum absolute atomic E-state index is 10.4. The van der Waals surface area contributed by atoms with Crippen LogP contribution in [0.3, 0.4) is 0 Å². The summed E-state index contributed by atoms with van der Waals surface area (Å²) in [5.74, 6) is 0. The normalized spacial score (nSPS) is 17.6. The van der Waals surface area contributed by atoms with Gasteiger partial charge in [-0.05, 0) is 32.1 Å². The molecule has 0 spiro atoms. The number of carbonyl (C=O) groups excluding carboxylic acids is 1. The minimum Gasteiger partial charge on any atom is -0.303 e. The van der Waals surface area contributed by atoms with Crippen LogP contribution in [0, 0.1) is 0 Å². The fourth-order valence-electron chi connectivity index (χ4n) is 1.97. The van der Waals surface area contributed by atoms with Gasteiger partial charge in [-0.1, -0.05) is 24.5 Å². The quantitative estimate of drug-likeness (QED) is 0.464. The molecule has 1 rings (SSSR count). The molecule has 1 heteroatoms. The number of hydrogen-bond acceptors (Lipinski definition) is 1. The van der Waals surface area contributed by atoms with E-state index in [-0.39, 0.29) is 0 Å². The predicted molar refractivity (Wildman–Crippen MR) is 51.1 cm³/mol. The summed E-state index contributed by atoms with van der Waals surface area (Å²) in [7, 11) is 0. The molecule has 1 nitrogen and oxygen atoms in total. The van der Waals surface area contributed by atoms with Gasteiger partial charge in [0, 0.05) is 6.42 Å². The zero-order valence-corrected chi connectivity index (χ0v) is 7.94. The van der Waals surface area contributed by atoms with Crippen molar-refractivity contribution in [2.45, 2.75) is 51.9 Å². The number of aldehydes is 1. The van der Waals surface area contributed by atoms with Crippen LogP contribution < -0.4 is 0 Å². The lowest BCUT2D eigenvalue weighted by Crippen LogP contribution is -1.99. The summed E-state index contributed by atoms with van der Waals surface area (Å²) in [6, 6.07) is 0. The molecule has 0 unspecified atom stereocenters. The molecule has 12 heavy (non-hydrogen) atoms. The lowest BCUT2D eigenvalue weighted by molar-refractivity contribution is -0.107. The molecule has 0 atom stereocenters. The molecular weight excluding hydrogens is 148 g/mol. The van der Waals surface area contributed by atoms with Gasteiger partial charge in [0.25, 0.3) is 0 Å². The summed E-state index contributed by atoms with van der Waals surface area (Å²) in [6.45, 7) is 2.15. The first-order chi connectivity index (χ1) is 5.88. The van der Waals surface area contributed by atoms with Crippen molar-refractivity contribution >= 4 is 6.29 Å². The number of allylic oxidation sites excluding steroid dienone is 2. The van der Waals surface area contributed by atoms with Gasteiger partial charge >= 0.3 is 0 Å². The van der Waals surface area contributed by atoms with E-state index >= 15 is 0 Å². The molecule has 0 aromatic heterocycles. The molecule has 0 radical (unpaired) electrons. The smallest absolute Gasteiger partial charge is 0.124 e. The highest BCUT2D eigenvalue weighted by Gasteiger charge is 2.09. The molecule has 1 saturated carbocycles. The maximum atomic E-state index is 10.4. The lowest BCUT2D eigenvalue weighted by atomic mass is 9.89. The van der Waals surface area contributed by atoms with Crippen molar-refractivity contribution in [2.75, 3.05) is 0 Å². The fraction of sp³-hybridized carbons (Fsp3) is 0.727. The molecule has 1 fully saturated rings. The van der Waals surface area contributed by atoms with Crippen molar-refractivity contribution in [3.8, 4) is 0 Å². The first-order valence-corrected chi connectivity index (χ1v) is 5.02. The van der Waals surface area contributed by atoms with Crippen LogP contribution in [0.1, 0.15) is 51.9 Å². The van der Waals surface area contributed by atoms with E-state index < -0.39 is 0 Å². The average Bonchev–Trinajstić information content (AvgIpc) is 2.15. The van der Waals surface area contributed by atoms with Crippen LogP contribution in [0.2, 0.25) is 0 Å². The van der Waals surface area contributed by atoms with Gasteiger partial charge in [0.15, 0.2) is 0 Å². The van der Waals surface area contributed by atoms with Gasteiger partial charge in [-0.25, -0.2) is 0 Å². The highest BCUT2D eigenvalue weighted by Crippen LogP contribution is 2.27. The van der Waals surface area contributed by atoms with Crippen LogP contribution in [0.25, 0.3) is 0 Å². The Morgan fingerprint density at radius 3 is 2.50 bits per heavy atom. The minimum atomic E-state index is 0.672. The van der Waals surface area contributed by atoms with E-state index in [0.717, 1.165) is 12.7 Å². The van der Waals surface area contributed by atoms with E-state index in [1.165, 1.54) is 37.7 Å². The molecule has 1 aliphatic rings. The van der Waals surface area contributed by atoms with Gasteiger partial charge in [-0.2, -0.15) is 0 Å². The van der Waals surface area contributed by atoms with Crippen LogP contribution in [0.15, 0.2) is 11.1 Å². The highest BCUT2D eigenvalue weighted by molar-refractivity contribution is 5.54. The van der Waals surface area contributed by atoms with Gasteiger partial charge in [-0.15, -0.1) is 0 Å². The largest absolute Gasteiger partial charge is 0.303 e. The summed E-state index contributed by atoms with van der Waals surface area (Å²) < 4.78 is 0. The molecular formula is C11H18O. The maximum Gasteiger partial charge on any atom is 0.124 e. The molecule has 0 saturated heterocycles. The molecule has 1 aliphatic carbocycles. The Labute approximate surface area is 74.9 Å². The second kappa shape index (κ2) is 5.13. The third-order valence-electron chi connectivity index (χ3n) is 2.71. The number of carbonyl (C=O) groups is 1. The van der Waals surface area contributed by atoms with Gasteiger partial charge in [0.05, 0.1) is 0 Å². The van der Waals surface area contributed by atoms with Gasteiger partial charge in [0.2, 0.25) is 0 Å². The summed E-state index contributed by atoms with van der Waals surface area (Å²) in [6.07, 6.45) is 9.31. The van der Waals surface area contributed by atoms with Crippen molar-refractivity contribution in [2.24, 2.45) is 0 Å². The van der Waals surface area contributed by atoms with E-state index in [1.807, 2.05) is 0 Å². The fourth-order valence-corrected chi connectivity index (χ4v) is 1.97. The molecule has 0 aromatic carbocycles. The standard InChI is InChI=1S/C11H18O/c1-2-10(8-9-12)11-6-4-3-5-7-11/h9H,2-8H2,1H3. The van der Waals surface area contributed by atoms with Gasteiger partial charge in [-0.3, -0.25) is 0 Å². The Balaban J connectivity index is 2.60. The predicted octanol–water partition coefficient (Wildman–Crippen LogP) is 3.25. The zero-order valence-electron chi connectivity index (χ0n) is 7.94. The highest BCUT2D eigenvalue weighted by atomic mass is 16.1. The Bertz CT molecular complexity index is 171. The Morgan fingerprint density at radius 2 is 2.00 bits per heavy atom. The van der Waals surface area contributed by atoms with Gasteiger partial charge < -0.3 is 4.79 Å². The van der Waals surface area contributed by atoms with Crippen LogP contribution in [0.5, 0.6) is 0 Å². The van der Waals surface area contributed by atoms with E-state index in [1.54, 1.807) is 5.57 Å². The average molecular weight is 166 g/mol. The van der Waals surface area contributed by atoms with Crippen molar-refractivity contribution in [1.29, 1.82) is 0 Å². The van der Waals surface area contributed by atoms with Crippen molar-refractivity contribution in [3.05, 3.63) is 11.1 Å². The van der Waals surface area contributed by atoms with Crippen molar-refractivity contribution in [1.82, 2.24) is 0 Å². The lowest BCUT2D eigenvalue weighted by Gasteiger charge is -2.17. The minimum absolute atomic E-state index is 0.672. The third kappa shape index (κ3) is 2.47. The van der Waals surface area contributed by atoms with Crippen LogP contribution in [-0.4, -0.2) is 6.29 Å². The summed E-state index contributed by atoms with van der Waals surface area (Å²) >= 11 is 0. The van der Waals surface area contributed by atoms with Crippen LogP contribution in [-0.2, 0) is 4.79 Å². The second-order valence-corrected chi connectivity index (χ2v) is 3.49. The monoisotopic (exact) mass is 166 g/mol. The topological polar surface area (TPSA) is 17.1 Å². The molecule has 0 N–H and O–H groups in total. The Kier molecular flexibility index (Phi) is 4.06. The molecule has 0 heterocycles. The molecule has 0 aliphatic heterocycles.